The first-order chi connectivity index (χ1) is 8.45. The molecule has 0 spiro atoms. The van der Waals surface area contributed by atoms with Crippen LogP contribution in [-0.2, 0) is 4.79 Å². The van der Waals surface area contributed by atoms with Gasteiger partial charge in [-0.25, -0.2) is 4.79 Å². The number of hydrogen-bond donors (Lipinski definition) is 2. The Bertz CT molecular complexity index is 330. The molecule has 1 heterocycles. The van der Waals surface area contributed by atoms with Crippen molar-refractivity contribution in [1.82, 2.24) is 10.2 Å². The first kappa shape index (κ1) is 14.5. The van der Waals surface area contributed by atoms with Crippen LogP contribution in [0.1, 0.15) is 33.1 Å². The van der Waals surface area contributed by atoms with E-state index >= 15 is 0 Å². The molecule has 0 bridgehead atoms. The smallest absolute Gasteiger partial charge is 0.317 e. The van der Waals surface area contributed by atoms with Crippen molar-refractivity contribution in [2.75, 3.05) is 6.54 Å². The van der Waals surface area contributed by atoms with Crippen molar-refractivity contribution in [2.24, 2.45) is 5.92 Å². The molecule has 3 atom stereocenters. The number of carbonyl (C=O) groups is 2. The maximum Gasteiger partial charge on any atom is 0.317 e. The van der Waals surface area contributed by atoms with E-state index in [2.05, 4.69) is 11.9 Å². The van der Waals surface area contributed by atoms with E-state index in [9.17, 15) is 9.59 Å². The molecule has 2 N–H and O–H groups in total. The molecule has 1 rings (SSSR count). The van der Waals surface area contributed by atoms with Gasteiger partial charge in [0.25, 0.3) is 0 Å². The van der Waals surface area contributed by atoms with Crippen LogP contribution in [0.5, 0.6) is 0 Å². The first-order valence-electron chi connectivity index (χ1n) is 6.36. The van der Waals surface area contributed by atoms with Gasteiger partial charge < -0.3 is 15.3 Å². The van der Waals surface area contributed by atoms with Crippen LogP contribution < -0.4 is 5.32 Å². The molecule has 5 nitrogen and oxygen atoms in total. The third-order valence-electron chi connectivity index (χ3n) is 3.38. The Morgan fingerprint density at radius 1 is 1.61 bits per heavy atom. The zero-order chi connectivity index (χ0) is 13.7. The van der Waals surface area contributed by atoms with Gasteiger partial charge in [-0.1, -0.05) is 6.08 Å². The lowest BCUT2D eigenvalue weighted by atomic mass is 9.92. The quantitative estimate of drug-likeness (QED) is 0.752. The van der Waals surface area contributed by atoms with Gasteiger partial charge in [-0.05, 0) is 33.1 Å². The molecule has 0 radical (unpaired) electrons. The Morgan fingerprint density at radius 2 is 2.28 bits per heavy atom. The second kappa shape index (κ2) is 6.42. The molecule has 18 heavy (non-hydrogen) atoms. The van der Waals surface area contributed by atoms with E-state index in [0.717, 1.165) is 6.42 Å². The highest BCUT2D eigenvalue weighted by Crippen LogP contribution is 2.23. The monoisotopic (exact) mass is 254 g/mol. The van der Waals surface area contributed by atoms with Crippen LogP contribution in [0.2, 0.25) is 0 Å². The van der Waals surface area contributed by atoms with Crippen molar-refractivity contribution < 1.29 is 14.7 Å². The highest BCUT2D eigenvalue weighted by atomic mass is 16.4. The van der Waals surface area contributed by atoms with Crippen LogP contribution in [0.15, 0.2) is 12.7 Å². The number of piperidine rings is 1. The van der Waals surface area contributed by atoms with E-state index in [1.54, 1.807) is 11.0 Å². The van der Waals surface area contributed by atoms with E-state index in [-0.39, 0.29) is 24.0 Å². The molecule has 1 saturated heterocycles. The fourth-order valence-corrected chi connectivity index (χ4v) is 2.30. The molecule has 5 heteroatoms. The number of likely N-dealkylation sites (tertiary alicyclic amines) is 1. The second-order valence-electron chi connectivity index (χ2n) is 4.98. The van der Waals surface area contributed by atoms with Crippen LogP contribution in [0.3, 0.4) is 0 Å². The molecular weight excluding hydrogens is 232 g/mol. The number of amides is 2. The zero-order valence-corrected chi connectivity index (χ0v) is 11.1. The molecule has 3 unspecified atom stereocenters. The van der Waals surface area contributed by atoms with Gasteiger partial charge in [0.15, 0.2) is 0 Å². The largest absolute Gasteiger partial charge is 0.481 e. The van der Waals surface area contributed by atoms with Gasteiger partial charge in [-0.15, -0.1) is 6.58 Å². The van der Waals surface area contributed by atoms with Crippen molar-refractivity contribution in [2.45, 2.75) is 45.2 Å². The van der Waals surface area contributed by atoms with Crippen LogP contribution >= 0.6 is 0 Å². The van der Waals surface area contributed by atoms with Crippen molar-refractivity contribution in [1.29, 1.82) is 0 Å². The summed E-state index contributed by atoms with van der Waals surface area (Å²) in [4.78, 5) is 24.6. The van der Waals surface area contributed by atoms with E-state index < -0.39 is 5.97 Å². The number of urea groups is 1. The SMILES string of the molecule is C=CCC(C)NC(=O)N1CCC(C(=O)O)CC1C. The maximum atomic E-state index is 12.0. The minimum absolute atomic E-state index is 0.0317. The van der Waals surface area contributed by atoms with Gasteiger partial charge in [0, 0.05) is 18.6 Å². The Morgan fingerprint density at radius 3 is 2.78 bits per heavy atom. The molecule has 0 aromatic rings. The summed E-state index contributed by atoms with van der Waals surface area (Å²) in [5.41, 5.74) is 0. The molecule has 1 fully saturated rings. The number of aliphatic carboxylic acids is 1. The molecule has 2 amide bonds. The van der Waals surface area contributed by atoms with E-state index in [4.69, 9.17) is 5.11 Å². The first-order valence-corrected chi connectivity index (χ1v) is 6.36. The molecule has 0 aromatic heterocycles. The topological polar surface area (TPSA) is 69.6 Å². The number of nitrogens with zero attached hydrogens (tertiary/aromatic N) is 1. The molecule has 0 aromatic carbocycles. The summed E-state index contributed by atoms with van der Waals surface area (Å²) in [5, 5.41) is 11.9. The second-order valence-corrected chi connectivity index (χ2v) is 4.98. The number of carbonyl (C=O) groups excluding carboxylic acids is 1. The highest BCUT2D eigenvalue weighted by molar-refractivity contribution is 5.76. The lowest BCUT2D eigenvalue weighted by molar-refractivity contribution is -0.143. The van der Waals surface area contributed by atoms with Crippen molar-refractivity contribution in [3.8, 4) is 0 Å². The Balaban J connectivity index is 2.50. The normalized spacial score (nSPS) is 25.3. The highest BCUT2D eigenvalue weighted by Gasteiger charge is 2.32. The third-order valence-corrected chi connectivity index (χ3v) is 3.38. The van der Waals surface area contributed by atoms with Gasteiger partial charge in [-0.3, -0.25) is 4.79 Å². The average molecular weight is 254 g/mol. The summed E-state index contributed by atoms with van der Waals surface area (Å²) in [6.45, 7) is 7.96. The predicted molar refractivity (Wildman–Crippen MR) is 69.3 cm³/mol. The lowest BCUT2D eigenvalue weighted by Crippen LogP contribution is -2.51. The maximum absolute atomic E-state index is 12.0. The summed E-state index contributed by atoms with van der Waals surface area (Å²) < 4.78 is 0. The van der Waals surface area contributed by atoms with E-state index in [1.807, 2.05) is 13.8 Å². The van der Waals surface area contributed by atoms with Crippen molar-refractivity contribution in [3.63, 3.8) is 0 Å². The standard InChI is InChI=1S/C13H22N2O3/c1-4-5-9(2)14-13(18)15-7-6-11(12(16)17)8-10(15)3/h4,9-11H,1,5-8H2,2-3H3,(H,14,18)(H,16,17). The molecule has 0 saturated carbocycles. The molecular formula is C13H22N2O3. The van der Waals surface area contributed by atoms with Gasteiger partial charge in [0.2, 0.25) is 0 Å². The summed E-state index contributed by atoms with van der Waals surface area (Å²) in [5.74, 6) is -1.09. The van der Waals surface area contributed by atoms with Crippen LogP contribution in [0.4, 0.5) is 4.79 Å². The zero-order valence-electron chi connectivity index (χ0n) is 11.1. The van der Waals surface area contributed by atoms with Crippen LogP contribution in [-0.4, -0.2) is 40.6 Å². The van der Waals surface area contributed by atoms with Crippen molar-refractivity contribution >= 4 is 12.0 Å². The number of hydrogen-bond acceptors (Lipinski definition) is 2. The van der Waals surface area contributed by atoms with Crippen LogP contribution in [0.25, 0.3) is 0 Å². The number of rotatable bonds is 4. The number of nitrogens with one attached hydrogen (secondary N) is 1. The number of carboxylic acid groups (broad SMARTS) is 1. The molecule has 1 aliphatic heterocycles. The predicted octanol–water partition coefficient (Wildman–Crippen LogP) is 1.85. The van der Waals surface area contributed by atoms with E-state index in [0.29, 0.717) is 19.4 Å². The average Bonchev–Trinajstić information content (AvgIpc) is 2.28. The van der Waals surface area contributed by atoms with Gasteiger partial charge in [-0.2, -0.15) is 0 Å². The van der Waals surface area contributed by atoms with Crippen LogP contribution in [0, 0.1) is 5.92 Å². The molecule has 102 valence electrons. The lowest BCUT2D eigenvalue weighted by Gasteiger charge is -2.36. The Hall–Kier alpha value is -1.52. The number of carboxylic acids is 1. The van der Waals surface area contributed by atoms with Gasteiger partial charge in [0.05, 0.1) is 5.92 Å². The van der Waals surface area contributed by atoms with Gasteiger partial charge >= 0.3 is 12.0 Å². The summed E-state index contributed by atoms with van der Waals surface area (Å²) >= 11 is 0. The minimum Gasteiger partial charge on any atom is -0.481 e. The van der Waals surface area contributed by atoms with E-state index in [1.165, 1.54) is 0 Å². The summed E-state index contributed by atoms with van der Waals surface area (Å²) in [6, 6.07) is -0.0872. The van der Waals surface area contributed by atoms with Crippen molar-refractivity contribution in [3.05, 3.63) is 12.7 Å². The molecule has 0 aliphatic carbocycles. The fourth-order valence-electron chi connectivity index (χ4n) is 2.30. The Labute approximate surface area is 108 Å². The minimum atomic E-state index is -0.762. The molecule has 1 aliphatic rings. The Kier molecular flexibility index (Phi) is 5.19. The summed E-state index contributed by atoms with van der Waals surface area (Å²) in [6.07, 6.45) is 3.55. The third kappa shape index (κ3) is 3.75. The van der Waals surface area contributed by atoms with Gasteiger partial charge in [0.1, 0.15) is 0 Å². The fraction of sp³-hybridized carbons (Fsp3) is 0.692. The summed E-state index contributed by atoms with van der Waals surface area (Å²) in [7, 11) is 0.